The van der Waals surface area contributed by atoms with Crippen LogP contribution < -0.4 is 19.5 Å². The lowest BCUT2D eigenvalue weighted by atomic mass is 10.0. The molecular formula is C28H30ClNO6. The first kappa shape index (κ1) is 27.1. The summed E-state index contributed by atoms with van der Waals surface area (Å²) in [5.41, 5.74) is 1.85. The predicted octanol–water partition coefficient (Wildman–Crippen LogP) is 4.47. The Balaban J connectivity index is 1.45. The molecule has 0 saturated heterocycles. The minimum absolute atomic E-state index is 0.130. The van der Waals surface area contributed by atoms with Crippen LogP contribution in [-0.2, 0) is 9.53 Å². The number of esters is 1. The van der Waals surface area contributed by atoms with Crippen LogP contribution in [0.5, 0.6) is 17.2 Å². The van der Waals surface area contributed by atoms with E-state index in [0.29, 0.717) is 53.1 Å². The number of halogens is 1. The summed E-state index contributed by atoms with van der Waals surface area (Å²) in [5.74, 6) is 1.50. The van der Waals surface area contributed by atoms with Crippen LogP contribution in [0.2, 0.25) is 5.02 Å². The van der Waals surface area contributed by atoms with Gasteiger partial charge >= 0.3 is 5.97 Å². The summed E-state index contributed by atoms with van der Waals surface area (Å²) in [7, 11) is 2.94. The third-order valence-electron chi connectivity index (χ3n) is 5.16. The van der Waals surface area contributed by atoms with E-state index < -0.39 is 12.1 Å². The fraction of sp³-hybridized carbons (Fsp3) is 0.250. The molecule has 7 nitrogen and oxygen atoms in total. The Bertz CT molecular complexity index is 1150. The Kier molecular flexibility index (Phi) is 10.6. The lowest BCUT2D eigenvalue weighted by Gasteiger charge is -2.14. The van der Waals surface area contributed by atoms with Gasteiger partial charge in [0.25, 0.3) is 0 Å². The van der Waals surface area contributed by atoms with E-state index >= 15 is 0 Å². The van der Waals surface area contributed by atoms with Gasteiger partial charge in [-0.25, -0.2) is 4.79 Å². The average Bonchev–Trinajstić information content (AvgIpc) is 2.90. The summed E-state index contributed by atoms with van der Waals surface area (Å²) in [6.45, 7) is 1.49. The van der Waals surface area contributed by atoms with Gasteiger partial charge in [0.15, 0.2) is 11.5 Å². The number of hydrogen-bond acceptors (Lipinski definition) is 7. The highest BCUT2D eigenvalue weighted by Crippen LogP contribution is 2.26. The van der Waals surface area contributed by atoms with Crippen molar-refractivity contribution in [2.45, 2.75) is 6.10 Å². The normalized spacial score (nSPS) is 12.1. The predicted molar refractivity (Wildman–Crippen MR) is 141 cm³/mol. The van der Waals surface area contributed by atoms with Crippen LogP contribution in [0, 0.1) is 0 Å². The lowest BCUT2D eigenvalue weighted by Crippen LogP contribution is -2.33. The number of nitrogens with one attached hydrogen (secondary N) is 1. The number of ether oxygens (including phenoxy) is 4. The van der Waals surface area contributed by atoms with Gasteiger partial charge in [0.1, 0.15) is 25.1 Å². The number of aliphatic hydroxyl groups excluding tert-OH is 1. The average molecular weight is 512 g/mol. The molecule has 0 spiro atoms. The highest BCUT2D eigenvalue weighted by atomic mass is 35.5. The number of carbonyl (C=O) groups is 1. The van der Waals surface area contributed by atoms with Crippen molar-refractivity contribution >= 4 is 29.2 Å². The molecule has 0 radical (unpaired) electrons. The second-order valence-corrected chi connectivity index (χ2v) is 8.23. The molecule has 3 aromatic rings. The first-order valence-electron chi connectivity index (χ1n) is 11.4. The monoisotopic (exact) mass is 511 g/mol. The first-order chi connectivity index (χ1) is 17.5. The number of methoxy groups -OCH3 is 2. The Morgan fingerprint density at radius 3 is 2.44 bits per heavy atom. The number of aliphatic hydroxyl groups is 1. The van der Waals surface area contributed by atoms with E-state index in [9.17, 15) is 9.90 Å². The molecule has 0 amide bonds. The summed E-state index contributed by atoms with van der Waals surface area (Å²) in [5, 5.41) is 13.9. The number of carbonyl (C=O) groups excluding carboxylic acids is 1. The van der Waals surface area contributed by atoms with Crippen LogP contribution in [-0.4, -0.2) is 57.7 Å². The summed E-state index contributed by atoms with van der Waals surface area (Å²) in [6.07, 6.45) is 1.04. The highest BCUT2D eigenvalue weighted by Gasteiger charge is 2.13. The first-order valence-corrected chi connectivity index (χ1v) is 11.8. The molecule has 190 valence electrons. The van der Waals surface area contributed by atoms with Crippen LogP contribution in [0.25, 0.3) is 11.6 Å². The van der Waals surface area contributed by atoms with Gasteiger partial charge in [0.2, 0.25) is 0 Å². The quantitative estimate of drug-likeness (QED) is 0.151. The molecule has 0 aromatic heterocycles. The molecule has 0 bridgehead atoms. The second kappa shape index (κ2) is 14.1. The lowest BCUT2D eigenvalue weighted by molar-refractivity contribution is -0.133. The third-order valence-corrected chi connectivity index (χ3v) is 5.39. The summed E-state index contributed by atoms with van der Waals surface area (Å²) in [4.78, 5) is 12.3. The zero-order valence-electron chi connectivity index (χ0n) is 20.3. The Morgan fingerprint density at radius 1 is 1.00 bits per heavy atom. The van der Waals surface area contributed by atoms with Crippen molar-refractivity contribution in [1.29, 1.82) is 0 Å². The van der Waals surface area contributed by atoms with E-state index in [2.05, 4.69) is 5.32 Å². The summed E-state index contributed by atoms with van der Waals surface area (Å²) in [6, 6.07) is 21.7. The molecule has 3 aromatic carbocycles. The largest absolute Gasteiger partial charge is 0.493 e. The van der Waals surface area contributed by atoms with E-state index in [1.165, 1.54) is 7.11 Å². The van der Waals surface area contributed by atoms with E-state index in [0.717, 1.165) is 5.56 Å². The van der Waals surface area contributed by atoms with E-state index in [1.807, 2.05) is 36.4 Å². The van der Waals surface area contributed by atoms with Crippen molar-refractivity contribution in [2.75, 3.05) is 40.5 Å². The van der Waals surface area contributed by atoms with Crippen LogP contribution in [0.15, 0.2) is 72.8 Å². The number of para-hydroxylation sites is 2. The molecule has 0 saturated carbocycles. The van der Waals surface area contributed by atoms with Crippen LogP contribution in [0.4, 0.5) is 0 Å². The van der Waals surface area contributed by atoms with Gasteiger partial charge in [-0.2, -0.15) is 0 Å². The summed E-state index contributed by atoms with van der Waals surface area (Å²) >= 11 is 6.07. The second-order valence-electron chi connectivity index (χ2n) is 7.80. The maximum Gasteiger partial charge on any atom is 0.338 e. The van der Waals surface area contributed by atoms with Gasteiger partial charge < -0.3 is 29.4 Å². The molecule has 8 heteroatoms. The van der Waals surface area contributed by atoms with Crippen molar-refractivity contribution < 1.29 is 28.8 Å². The smallest absolute Gasteiger partial charge is 0.338 e. The van der Waals surface area contributed by atoms with Gasteiger partial charge in [0.05, 0.1) is 19.8 Å². The van der Waals surface area contributed by atoms with Gasteiger partial charge in [-0.15, -0.1) is 0 Å². The van der Waals surface area contributed by atoms with Crippen molar-refractivity contribution in [3.8, 4) is 17.2 Å². The van der Waals surface area contributed by atoms with Crippen molar-refractivity contribution in [3.05, 3.63) is 88.9 Å². The van der Waals surface area contributed by atoms with Crippen molar-refractivity contribution in [1.82, 2.24) is 5.32 Å². The molecule has 0 fully saturated rings. The number of benzene rings is 3. The SMILES string of the molecule is COC(=O)C(=Cc1ccc(OCC(O)CNCCOc2ccccc2OC)cc1)c1cccc(Cl)c1. The Hall–Kier alpha value is -3.52. The standard InChI is InChI=1S/C28H30ClNO6/c1-33-26-8-3-4-9-27(26)35-15-14-30-18-23(31)19-36-24-12-10-20(11-13-24)16-25(28(32)34-2)21-6-5-7-22(29)17-21/h3-13,16-17,23,30-31H,14-15,18-19H2,1-2H3. The Labute approximate surface area is 216 Å². The third kappa shape index (κ3) is 8.30. The van der Waals surface area contributed by atoms with Gasteiger partial charge in [0, 0.05) is 18.1 Å². The fourth-order valence-corrected chi connectivity index (χ4v) is 3.53. The van der Waals surface area contributed by atoms with E-state index in [1.54, 1.807) is 49.6 Å². The van der Waals surface area contributed by atoms with Gasteiger partial charge in [-0.05, 0) is 53.6 Å². The molecule has 1 unspecified atom stereocenters. The molecule has 3 rings (SSSR count). The van der Waals surface area contributed by atoms with Crippen LogP contribution in [0.3, 0.4) is 0 Å². The number of rotatable bonds is 13. The van der Waals surface area contributed by atoms with Crippen LogP contribution in [0.1, 0.15) is 11.1 Å². The van der Waals surface area contributed by atoms with E-state index in [4.69, 9.17) is 30.5 Å². The fourth-order valence-electron chi connectivity index (χ4n) is 3.34. The van der Waals surface area contributed by atoms with Crippen molar-refractivity contribution in [3.63, 3.8) is 0 Å². The molecular weight excluding hydrogens is 482 g/mol. The van der Waals surface area contributed by atoms with Crippen LogP contribution >= 0.6 is 11.6 Å². The van der Waals surface area contributed by atoms with Gasteiger partial charge in [-0.1, -0.05) is 48.0 Å². The van der Waals surface area contributed by atoms with E-state index in [-0.39, 0.29) is 6.61 Å². The molecule has 0 heterocycles. The molecule has 0 aliphatic heterocycles. The summed E-state index contributed by atoms with van der Waals surface area (Å²) < 4.78 is 21.6. The zero-order chi connectivity index (χ0) is 25.8. The molecule has 2 N–H and O–H groups in total. The molecule has 36 heavy (non-hydrogen) atoms. The minimum atomic E-state index is -0.690. The molecule has 0 aliphatic rings. The molecule has 1 atom stereocenters. The maximum atomic E-state index is 12.3. The molecule has 0 aliphatic carbocycles. The van der Waals surface area contributed by atoms with Gasteiger partial charge in [-0.3, -0.25) is 0 Å². The zero-order valence-corrected chi connectivity index (χ0v) is 21.0. The topological polar surface area (TPSA) is 86.3 Å². The number of hydrogen-bond donors (Lipinski definition) is 2. The van der Waals surface area contributed by atoms with Crippen molar-refractivity contribution in [2.24, 2.45) is 0 Å². The highest BCUT2D eigenvalue weighted by molar-refractivity contribution is 6.31. The minimum Gasteiger partial charge on any atom is -0.493 e. The maximum absolute atomic E-state index is 12.3. The Morgan fingerprint density at radius 2 is 1.75 bits per heavy atom.